The van der Waals surface area contributed by atoms with Gasteiger partial charge < -0.3 is 9.88 Å². The van der Waals surface area contributed by atoms with Gasteiger partial charge in [0.15, 0.2) is 0 Å². The van der Waals surface area contributed by atoms with Crippen molar-refractivity contribution in [2.24, 2.45) is 0 Å². The molecule has 1 aromatic heterocycles. The number of carbonyl (C=O) groups excluding carboxylic acids is 1. The number of rotatable bonds is 3. The van der Waals surface area contributed by atoms with Crippen molar-refractivity contribution in [1.82, 2.24) is 4.57 Å². The summed E-state index contributed by atoms with van der Waals surface area (Å²) in [5, 5.41) is 2.75. The molecule has 0 aliphatic heterocycles. The van der Waals surface area contributed by atoms with Crippen LogP contribution in [0.1, 0.15) is 0 Å². The molecule has 0 saturated carbocycles. The molecule has 2 rings (SSSR count). The molecular formula is C13H10BrIN2O2. The van der Waals surface area contributed by atoms with Crippen molar-refractivity contribution in [2.75, 3.05) is 5.32 Å². The number of amides is 1. The van der Waals surface area contributed by atoms with Gasteiger partial charge in [0.05, 0.1) is 0 Å². The van der Waals surface area contributed by atoms with Crippen LogP contribution >= 0.6 is 38.5 Å². The molecule has 0 atom stereocenters. The van der Waals surface area contributed by atoms with Crippen molar-refractivity contribution >= 4 is 50.1 Å². The highest BCUT2D eigenvalue weighted by Gasteiger charge is 2.05. The lowest BCUT2D eigenvalue weighted by Crippen LogP contribution is -2.26. The number of benzene rings is 1. The fourth-order valence-corrected chi connectivity index (χ4v) is 2.25. The second-order valence-electron chi connectivity index (χ2n) is 3.87. The summed E-state index contributed by atoms with van der Waals surface area (Å²) in [6, 6.07) is 10.5. The molecule has 0 spiro atoms. The fraction of sp³-hybridized carbons (Fsp3) is 0.0769. The van der Waals surface area contributed by atoms with E-state index >= 15 is 0 Å². The number of nitrogens with one attached hydrogen (secondary N) is 1. The first kappa shape index (κ1) is 14.3. The van der Waals surface area contributed by atoms with E-state index in [1.54, 1.807) is 12.3 Å². The number of aromatic nitrogens is 1. The van der Waals surface area contributed by atoms with E-state index in [1.807, 2.05) is 24.3 Å². The van der Waals surface area contributed by atoms with Crippen LogP contribution in [0.3, 0.4) is 0 Å². The van der Waals surface area contributed by atoms with Gasteiger partial charge in [0.25, 0.3) is 5.56 Å². The molecular weight excluding hydrogens is 423 g/mol. The Morgan fingerprint density at radius 3 is 2.58 bits per heavy atom. The van der Waals surface area contributed by atoms with Gasteiger partial charge in [-0.3, -0.25) is 9.59 Å². The number of pyridine rings is 1. The summed E-state index contributed by atoms with van der Waals surface area (Å²) in [6.45, 7) is -0.00966. The molecule has 2 aromatic rings. The van der Waals surface area contributed by atoms with Crippen LogP contribution in [0.4, 0.5) is 5.69 Å². The van der Waals surface area contributed by atoms with Crippen LogP contribution in [-0.4, -0.2) is 10.5 Å². The first-order valence-electron chi connectivity index (χ1n) is 5.46. The van der Waals surface area contributed by atoms with Gasteiger partial charge in [0.1, 0.15) is 6.54 Å². The monoisotopic (exact) mass is 432 g/mol. The average molecular weight is 433 g/mol. The largest absolute Gasteiger partial charge is 0.325 e. The van der Waals surface area contributed by atoms with Crippen molar-refractivity contribution in [3.63, 3.8) is 0 Å². The van der Waals surface area contributed by atoms with Gasteiger partial charge in [0, 0.05) is 26.0 Å². The maximum absolute atomic E-state index is 11.8. The lowest BCUT2D eigenvalue weighted by molar-refractivity contribution is -0.116. The molecule has 4 nitrogen and oxygen atoms in total. The van der Waals surface area contributed by atoms with E-state index in [-0.39, 0.29) is 18.0 Å². The maximum atomic E-state index is 11.8. The molecule has 0 aliphatic rings. The standard InChI is InChI=1S/C13H10BrIN2O2/c14-9-1-6-13(19)17(7-9)8-12(18)16-11-4-2-10(15)3-5-11/h1-7H,8H2,(H,16,18). The van der Waals surface area contributed by atoms with E-state index in [1.165, 1.54) is 10.6 Å². The Morgan fingerprint density at radius 1 is 1.21 bits per heavy atom. The summed E-state index contributed by atoms with van der Waals surface area (Å²) in [6.07, 6.45) is 1.59. The molecule has 1 aromatic carbocycles. The van der Waals surface area contributed by atoms with E-state index < -0.39 is 0 Å². The van der Waals surface area contributed by atoms with Gasteiger partial charge in [-0.05, 0) is 68.9 Å². The molecule has 19 heavy (non-hydrogen) atoms. The Hall–Kier alpha value is -1.15. The third kappa shape index (κ3) is 4.17. The SMILES string of the molecule is O=C(Cn1cc(Br)ccc1=O)Nc1ccc(I)cc1. The number of halogens is 2. The normalized spacial score (nSPS) is 10.2. The predicted octanol–water partition coefficient (Wildman–Crippen LogP) is 2.85. The van der Waals surface area contributed by atoms with Gasteiger partial charge in [-0.2, -0.15) is 0 Å². The zero-order chi connectivity index (χ0) is 13.8. The van der Waals surface area contributed by atoms with Crippen molar-refractivity contribution in [3.05, 3.63) is 61.0 Å². The zero-order valence-electron chi connectivity index (χ0n) is 9.77. The molecule has 98 valence electrons. The maximum Gasteiger partial charge on any atom is 0.251 e. The molecule has 1 amide bonds. The van der Waals surface area contributed by atoms with Gasteiger partial charge in [-0.15, -0.1) is 0 Å². The third-order valence-corrected chi connectivity index (χ3v) is 3.58. The molecule has 0 fully saturated rings. The van der Waals surface area contributed by atoms with Crippen LogP contribution in [0.5, 0.6) is 0 Å². The van der Waals surface area contributed by atoms with Crippen LogP contribution in [0.2, 0.25) is 0 Å². The summed E-state index contributed by atoms with van der Waals surface area (Å²) in [5.74, 6) is -0.235. The van der Waals surface area contributed by atoms with Crippen molar-refractivity contribution in [3.8, 4) is 0 Å². The van der Waals surface area contributed by atoms with E-state index in [9.17, 15) is 9.59 Å². The highest BCUT2D eigenvalue weighted by Crippen LogP contribution is 2.11. The van der Waals surface area contributed by atoms with Gasteiger partial charge in [0.2, 0.25) is 5.91 Å². The van der Waals surface area contributed by atoms with Crippen molar-refractivity contribution in [2.45, 2.75) is 6.54 Å². The number of anilines is 1. The predicted molar refractivity (Wildman–Crippen MR) is 86.2 cm³/mol. The number of carbonyl (C=O) groups is 1. The molecule has 0 radical (unpaired) electrons. The van der Waals surface area contributed by atoms with Crippen molar-refractivity contribution < 1.29 is 4.79 Å². The highest BCUT2D eigenvalue weighted by atomic mass is 127. The summed E-state index contributed by atoms with van der Waals surface area (Å²) in [5.41, 5.74) is 0.509. The first-order chi connectivity index (χ1) is 9.04. The molecule has 6 heteroatoms. The molecule has 0 saturated heterocycles. The smallest absolute Gasteiger partial charge is 0.251 e. The van der Waals surface area contributed by atoms with Crippen molar-refractivity contribution in [1.29, 1.82) is 0 Å². The van der Waals surface area contributed by atoms with Gasteiger partial charge in [-0.1, -0.05) is 0 Å². The minimum atomic E-state index is -0.235. The second-order valence-corrected chi connectivity index (χ2v) is 6.03. The van der Waals surface area contributed by atoms with Gasteiger partial charge >= 0.3 is 0 Å². The van der Waals surface area contributed by atoms with E-state index in [4.69, 9.17) is 0 Å². The molecule has 1 N–H and O–H groups in total. The lowest BCUT2D eigenvalue weighted by Gasteiger charge is -2.07. The first-order valence-corrected chi connectivity index (χ1v) is 7.33. The van der Waals surface area contributed by atoms with Crippen LogP contribution in [0, 0.1) is 3.57 Å². The van der Waals surface area contributed by atoms with E-state index in [0.717, 1.165) is 8.04 Å². The lowest BCUT2D eigenvalue weighted by atomic mass is 10.3. The number of nitrogens with zero attached hydrogens (tertiary/aromatic N) is 1. The van der Waals surface area contributed by atoms with Gasteiger partial charge in [-0.25, -0.2) is 0 Å². The quantitative estimate of drug-likeness (QED) is 0.758. The fourth-order valence-electron chi connectivity index (χ4n) is 1.51. The molecule has 0 bridgehead atoms. The summed E-state index contributed by atoms with van der Waals surface area (Å²) in [7, 11) is 0. The zero-order valence-corrected chi connectivity index (χ0v) is 13.5. The summed E-state index contributed by atoms with van der Waals surface area (Å²) >= 11 is 5.46. The third-order valence-electron chi connectivity index (χ3n) is 2.39. The summed E-state index contributed by atoms with van der Waals surface area (Å²) in [4.78, 5) is 23.4. The van der Waals surface area contributed by atoms with Crippen LogP contribution < -0.4 is 10.9 Å². The Balaban J connectivity index is 2.07. The second kappa shape index (κ2) is 6.33. The minimum absolute atomic E-state index is 0.00966. The van der Waals surface area contributed by atoms with Crippen LogP contribution in [-0.2, 0) is 11.3 Å². The highest BCUT2D eigenvalue weighted by molar-refractivity contribution is 14.1. The topological polar surface area (TPSA) is 51.1 Å². The molecule has 0 unspecified atom stereocenters. The Kier molecular flexibility index (Phi) is 4.76. The van der Waals surface area contributed by atoms with Crippen LogP contribution in [0.25, 0.3) is 0 Å². The van der Waals surface area contributed by atoms with E-state index in [0.29, 0.717) is 5.69 Å². The van der Waals surface area contributed by atoms with E-state index in [2.05, 4.69) is 43.8 Å². The number of hydrogen-bond acceptors (Lipinski definition) is 2. The molecule has 0 aliphatic carbocycles. The van der Waals surface area contributed by atoms with Crippen LogP contribution in [0.15, 0.2) is 51.9 Å². The Morgan fingerprint density at radius 2 is 1.89 bits per heavy atom. The number of hydrogen-bond donors (Lipinski definition) is 1. The Labute approximate surface area is 132 Å². The average Bonchev–Trinajstić information content (AvgIpc) is 2.37. The summed E-state index contributed by atoms with van der Waals surface area (Å²) < 4.78 is 3.21. The molecule has 1 heterocycles. The minimum Gasteiger partial charge on any atom is -0.325 e. The Bertz CT molecular complexity index is 652.